The molecule has 0 fully saturated rings. The van der Waals surface area contributed by atoms with Crippen LogP contribution in [0.15, 0.2) is 64.2 Å². The van der Waals surface area contributed by atoms with Crippen LogP contribution in [0.4, 0.5) is 0 Å². The molecular weight excluding hydrogens is 326 g/mol. The summed E-state index contributed by atoms with van der Waals surface area (Å²) >= 11 is 5.91. The number of aryl methyl sites for hydroxylation is 1. The molecule has 0 saturated heterocycles. The number of carbonyl (C=O) groups is 1. The fourth-order valence-electron chi connectivity index (χ4n) is 2.24. The standard InChI is InChI=1S/C18H14ClN3O2/c1-12-16(17(22-24-12)14-7-3-2-4-8-14)18(23)21-20-11-13-6-5-9-15(19)10-13/h2-11H,1H3,(H,21,23)/b20-11+. The average Bonchev–Trinajstić information content (AvgIpc) is 2.97. The number of nitrogens with zero attached hydrogens (tertiary/aromatic N) is 2. The summed E-state index contributed by atoms with van der Waals surface area (Å²) in [5.41, 5.74) is 4.94. The summed E-state index contributed by atoms with van der Waals surface area (Å²) in [5.74, 6) is 0.0511. The third kappa shape index (κ3) is 3.52. The molecule has 3 aromatic rings. The maximum absolute atomic E-state index is 12.4. The smallest absolute Gasteiger partial charge is 0.277 e. The molecular formula is C18H14ClN3O2. The second-order valence-corrected chi connectivity index (χ2v) is 5.52. The normalized spacial score (nSPS) is 10.9. The number of amides is 1. The summed E-state index contributed by atoms with van der Waals surface area (Å²) in [6.07, 6.45) is 1.52. The van der Waals surface area contributed by atoms with Crippen molar-refractivity contribution < 1.29 is 9.32 Å². The Hall–Kier alpha value is -2.92. The van der Waals surface area contributed by atoms with E-state index < -0.39 is 0 Å². The molecule has 0 unspecified atom stereocenters. The molecule has 1 N–H and O–H groups in total. The molecule has 0 aliphatic heterocycles. The summed E-state index contributed by atoms with van der Waals surface area (Å²) < 4.78 is 5.17. The highest BCUT2D eigenvalue weighted by Crippen LogP contribution is 2.24. The van der Waals surface area contributed by atoms with E-state index in [1.54, 1.807) is 19.1 Å². The Labute approximate surface area is 143 Å². The molecule has 2 aromatic carbocycles. The third-order valence-corrected chi connectivity index (χ3v) is 3.60. The SMILES string of the molecule is Cc1onc(-c2ccccc2)c1C(=O)N/N=C/c1cccc(Cl)c1. The van der Waals surface area contributed by atoms with Gasteiger partial charge in [0.05, 0.1) is 6.21 Å². The molecule has 1 amide bonds. The Balaban J connectivity index is 1.80. The number of aromatic nitrogens is 1. The first-order chi connectivity index (χ1) is 11.6. The highest BCUT2D eigenvalue weighted by atomic mass is 35.5. The van der Waals surface area contributed by atoms with Crippen molar-refractivity contribution in [3.8, 4) is 11.3 Å². The topological polar surface area (TPSA) is 67.5 Å². The summed E-state index contributed by atoms with van der Waals surface area (Å²) in [4.78, 5) is 12.4. The van der Waals surface area contributed by atoms with Crippen molar-refractivity contribution in [3.63, 3.8) is 0 Å². The van der Waals surface area contributed by atoms with Crippen LogP contribution in [-0.4, -0.2) is 17.3 Å². The van der Waals surface area contributed by atoms with Crippen molar-refractivity contribution in [2.75, 3.05) is 0 Å². The predicted molar refractivity (Wildman–Crippen MR) is 93.2 cm³/mol. The molecule has 0 saturated carbocycles. The van der Waals surface area contributed by atoms with E-state index in [4.69, 9.17) is 16.1 Å². The van der Waals surface area contributed by atoms with Crippen molar-refractivity contribution in [1.82, 2.24) is 10.6 Å². The van der Waals surface area contributed by atoms with Crippen molar-refractivity contribution in [2.45, 2.75) is 6.92 Å². The van der Waals surface area contributed by atoms with Crippen LogP contribution < -0.4 is 5.43 Å². The Morgan fingerprint density at radius 1 is 1.21 bits per heavy atom. The lowest BCUT2D eigenvalue weighted by molar-refractivity contribution is 0.0954. The van der Waals surface area contributed by atoms with E-state index in [2.05, 4.69) is 15.7 Å². The monoisotopic (exact) mass is 339 g/mol. The van der Waals surface area contributed by atoms with E-state index in [1.807, 2.05) is 42.5 Å². The van der Waals surface area contributed by atoms with Gasteiger partial charge < -0.3 is 4.52 Å². The van der Waals surface area contributed by atoms with Crippen LogP contribution in [-0.2, 0) is 0 Å². The Morgan fingerprint density at radius 3 is 2.75 bits per heavy atom. The van der Waals surface area contributed by atoms with Gasteiger partial charge in [-0.1, -0.05) is 59.2 Å². The number of rotatable bonds is 4. The van der Waals surface area contributed by atoms with Gasteiger partial charge in [0.25, 0.3) is 5.91 Å². The first-order valence-corrected chi connectivity index (χ1v) is 7.63. The number of benzene rings is 2. The van der Waals surface area contributed by atoms with Gasteiger partial charge in [-0.25, -0.2) is 5.43 Å². The second-order valence-electron chi connectivity index (χ2n) is 5.08. The average molecular weight is 340 g/mol. The number of hydrogen-bond acceptors (Lipinski definition) is 4. The lowest BCUT2D eigenvalue weighted by Crippen LogP contribution is -2.18. The van der Waals surface area contributed by atoms with Gasteiger partial charge in [0, 0.05) is 10.6 Å². The molecule has 3 rings (SSSR count). The van der Waals surface area contributed by atoms with E-state index in [0.717, 1.165) is 11.1 Å². The molecule has 0 radical (unpaired) electrons. The van der Waals surface area contributed by atoms with Gasteiger partial charge in [0.1, 0.15) is 17.0 Å². The molecule has 24 heavy (non-hydrogen) atoms. The maximum atomic E-state index is 12.4. The van der Waals surface area contributed by atoms with Crippen LogP contribution in [0.2, 0.25) is 5.02 Å². The molecule has 0 atom stereocenters. The van der Waals surface area contributed by atoms with Gasteiger partial charge in [-0.2, -0.15) is 5.10 Å². The Morgan fingerprint density at radius 2 is 2.00 bits per heavy atom. The van der Waals surface area contributed by atoms with Crippen molar-refractivity contribution in [1.29, 1.82) is 0 Å². The first kappa shape index (κ1) is 16.0. The highest BCUT2D eigenvalue weighted by molar-refractivity contribution is 6.30. The van der Waals surface area contributed by atoms with Crippen LogP contribution in [0.5, 0.6) is 0 Å². The number of hydrazone groups is 1. The lowest BCUT2D eigenvalue weighted by Gasteiger charge is -2.01. The number of halogens is 1. The highest BCUT2D eigenvalue weighted by Gasteiger charge is 2.21. The molecule has 1 aromatic heterocycles. The second kappa shape index (κ2) is 7.10. The van der Waals surface area contributed by atoms with Gasteiger partial charge in [0.2, 0.25) is 0 Å². The first-order valence-electron chi connectivity index (χ1n) is 7.26. The molecule has 0 spiro atoms. The van der Waals surface area contributed by atoms with Crippen LogP contribution in [0.25, 0.3) is 11.3 Å². The minimum atomic E-state index is -0.383. The van der Waals surface area contributed by atoms with Gasteiger partial charge in [0.15, 0.2) is 0 Å². The van der Waals surface area contributed by atoms with Crippen LogP contribution >= 0.6 is 11.6 Å². The third-order valence-electron chi connectivity index (χ3n) is 3.37. The van der Waals surface area contributed by atoms with E-state index in [-0.39, 0.29) is 5.91 Å². The summed E-state index contributed by atoms with van der Waals surface area (Å²) in [6, 6.07) is 16.5. The maximum Gasteiger partial charge on any atom is 0.277 e. The fraction of sp³-hybridized carbons (Fsp3) is 0.0556. The van der Waals surface area contributed by atoms with E-state index in [9.17, 15) is 4.79 Å². The molecule has 5 nitrogen and oxygen atoms in total. The number of hydrogen-bond donors (Lipinski definition) is 1. The van der Waals surface area contributed by atoms with Crippen LogP contribution in [0.3, 0.4) is 0 Å². The van der Waals surface area contributed by atoms with Crippen LogP contribution in [0, 0.1) is 6.92 Å². The van der Waals surface area contributed by atoms with E-state index in [1.165, 1.54) is 6.21 Å². The Bertz CT molecular complexity index is 888. The van der Waals surface area contributed by atoms with Crippen molar-refractivity contribution in [3.05, 3.63) is 76.5 Å². The minimum absolute atomic E-state index is 0.365. The minimum Gasteiger partial charge on any atom is -0.360 e. The quantitative estimate of drug-likeness (QED) is 0.575. The number of nitrogens with one attached hydrogen (secondary N) is 1. The van der Waals surface area contributed by atoms with E-state index in [0.29, 0.717) is 22.0 Å². The molecule has 0 aliphatic rings. The number of carbonyl (C=O) groups excluding carboxylic acids is 1. The fourth-order valence-corrected chi connectivity index (χ4v) is 2.44. The van der Waals surface area contributed by atoms with E-state index >= 15 is 0 Å². The zero-order chi connectivity index (χ0) is 16.9. The largest absolute Gasteiger partial charge is 0.360 e. The Kier molecular flexibility index (Phi) is 4.72. The van der Waals surface area contributed by atoms with Crippen molar-refractivity contribution >= 4 is 23.7 Å². The van der Waals surface area contributed by atoms with Gasteiger partial charge in [-0.05, 0) is 24.6 Å². The molecule has 120 valence electrons. The molecule has 0 bridgehead atoms. The zero-order valence-corrected chi connectivity index (χ0v) is 13.6. The molecule has 0 aliphatic carbocycles. The van der Waals surface area contributed by atoms with Crippen LogP contribution in [0.1, 0.15) is 21.7 Å². The molecule has 1 heterocycles. The lowest BCUT2D eigenvalue weighted by atomic mass is 10.1. The van der Waals surface area contributed by atoms with Gasteiger partial charge in [-0.15, -0.1) is 0 Å². The van der Waals surface area contributed by atoms with Crippen molar-refractivity contribution in [2.24, 2.45) is 5.10 Å². The van der Waals surface area contributed by atoms with Gasteiger partial charge >= 0.3 is 0 Å². The predicted octanol–water partition coefficient (Wildman–Crippen LogP) is 4.07. The summed E-state index contributed by atoms with van der Waals surface area (Å²) in [5, 5.41) is 8.54. The zero-order valence-electron chi connectivity index (χ0n) is 12.9. The van der Waals surface area contributed by atoms with Gasteiger partial charge in [-0.3, -0.25) is 4.79 Å². The summed E-state index contributed by atoms with van der Waals surface area (Å²) in [6.45, 7) is 1.69. The summed E-state index contributed by atoms with van der Waals surface area (Å²) in [7, 11) is 0. The molecule has 6 heteroatoms.